The molecular weight excluding hydrogens is 314 g/mol. The second kappa shape index (κ2) is 7.33. The third kappa shape index (κ3) is 3.89. The molecule has 6 nitrogen and oxygen atoms in total. The summed E-state index contributed by atoms with van der Waals surface area (Å²) in [5.41, 5.74) is 4.65. The van der Waals surface area contributed by atoms with Crippen LogP contribution in [0.25, 0.3) is 5.95 Å². The van der Waals surface area contributed by atoms with Gasteiger partial charge in [-0.25, -0.2) is 14.6 Å². The van der Waals surface area contributed by atoms with Gasteiger partial charge >= 0.3 is 0 Å². The van der Waals surface area contributed by atoms with Gasteiger partial charge in [0.25, 0.3) is 5.95 Å². The molecule has 3 rings (SSSR count). The first kappa shape index (κ1) is 17.6. The Morgan fingerprint density at radius 2 is 1.60 bits per heavy atom. The molecule has 6 heteroatoms. The van der Waals surface area contributed by atoms with E-state index >= 15 is 0 Å². The Bertz CT molecular complexity index is 752. The van der Waals surface area contributed by atoms with Crippen LogP contribution in [0.5, 0.6) is 0 Å². The molecule has 0 N–H and O–H groups in total. The van der Waals surface area contributed by atoms with Gasteiger partial charge in [0.2, 0.25) is 5.91 Å². The minimum absolute atomic E-state index is 0.203. The topological polar surface area (TPSA) is 63.9 Å². The number of likely N-dealkylation sites (tertiary alicyclic amines) is 1. The molecular formula is C19H27N5O. The maximum absolute atomic E-state index is 12.7. The normalized spacial score (nSPS) is 15.3. The summed E-state index contributed by atoms with van der Waals surface area (Å²) in [7, 11) is 0. The third-order valence-corrected chi connectivity index (χ3v) is 4.89. The summed E-state index contributed by atoms with van der Waals surface area (Å²) in [6, 6.07) is 1.94. The first-order valence-electron chi connectivity index (χ1n) is 9.11. The summed E-state index contributed by atoms with van der Waals surface area (Å²) < 4.78 is 1.76. The molecule has 2 aromatic heterocycles. The van der Waals surface area contributed by atoms with E-state index in [0.29, 0.717) is 12.4 Å². The molecule has 0 aliphatic carbocycles. The van der Waals surface area contributed by atoms with Gasteiger partial charge in [-0.15, -0.1) is 0 Å². The molecule has 2 aromatic rings. The molecule has 1 saturated heterocycles. The van der Waals surface area contributed by atoms with Crippen LogP contribution in [0, 0.1) is 27.7 Å². The lowest BCUT2D eigenvalue weighted by Gasteiger charge is -2.20. The highest BCUT2D eigenvalue weighted by Crippen LogP contribution is 2.19. The number of nitrogens with zero attached hydrogens (tertiary/aromatic N) is 5. The molecule has 0 radical (unpaired) electrons. The van der Waals surface area contributed by atoms with Gasteiger partial charge in [0.1, 0.15) is 0 Å². The van der Waals surface area contributed by atoms with Crippen molar-refractivity contribution in [1.29, 1.82) is 0 Å². The van der Waals surface area contributed by atoms with E-state index in [1.165, 1.54) is 12.8 Å². The predicted molar refractivity (Wildman–Crippen MR) is 96.9 cm³/mol. The molecule has 0 atom stereocenters. The zero-order valence-electron chi connectivity index (χ0n) is 15.7. The minimum atomic E-state index is 0.203. The van der Waals surface area contributed by atoms with Crippen LogP contribution in [0.2, 0.25) is 0 Å². The molecule has 0 unspecified atom stereocenters. The van der Waals surface area contributed by atoms with Gasteiger partial charge in [-0.3, -0.25) is 4.79 Å². The third-order valence-electron chi connectivity index (χ3n) is 4.89. The van der Waals surface area contributed by atoms with Crippen molar-refractivity contribution in [3.8, 4) is 5.95 Å². The quantitative estimate of drug-likeness (QED) is 0.861. The average molecular weight is 341 g/mol. The van der Waals surface area contributed by atoms with E-state index in [0.717, 1.165) is 54.3 Å². The number of carbonyl (C=O) groups is 1. The fourth-order valence-corrected chi connectivity index (χ4v) is 3.51. The smallest absolute Gasteiger partial charge is 0.251 e. The van der Waals surface area contributed by atoms with Gasteiger partial charge in [-0.05, 0) is 46.6 Å². The van der Waals surface area contributed by atoms with Crippen LogP contribution in [-0.2, 0) is 11.2 Å². The van der Waals surface area contributed by atoms with Gasteiger partial charge in [0, 0.05) is 35.7 Å². The molecule has 1 aliphatic heterocycles. The van der Waals surface area contributed by atoms with Crippen molar-refractivity contribution in [3.63, 3.8) is 0 Å². The van der Waals surface area contributed by atoms with E-state index in [4.69, 9.17) is 0 Å². The van der Waals surface area contributed by atoms with E-state index < -0.39 is 0 Å². The van der Waals surface area contributed by atoms with Crippen molar-refractivity contribution in [2.45, 2.75) is 59.8 Å². The van der Waals surface area contributed by atoms with E-state index in [1.54, 1.807) is 4.68 Å². The molecule has 1 aliphatic rings. The van der Waals surface area contributed by atoms with Crippen LogP contribution in [0.15, 0.2) is 6.07 Å². The van der Waals surface area contributed by atoms with Gasteiger partial charge in [0.05, 0.1) is 12.1 Å². The van der Waals surface area contributed by atoms with Crippen LogP contribution in [0.4, 0.5) is 0 Å². The summed E-state index contributed by atoms with van der Waals surface area (Å²) in [4.78, 5) is 23.7. The monoisotopic (exact) mass is 341 g/mol. The van der Waals surface area contributed by atoms with E-state index in [-0.39, 0.29) is 5.91 Å². The summed E-state index contributed by atoms with van der Waals surface area (Å²) in [6.45, 7) is 9.61. The van der Waals surface area contributed by atoms with Gasteiger partial charge in [0.15, 0.2) is 0 Å². The zero-order chi connectivity index (χ0) is 18.0. The lowest BCUT2D eigenvalue weighted by molar-refractivity contribution is -0.130. The molecule has 3 heterocycles. The minimum Gasteiger partial charge on any atom is -0.342 e. The highest BCUT2D eigenvalue weighted by Gasteiger charge is 2.21. The standard InChI is InChI=1S/C19H27N5O/c1-13-11-14(2)21-19(20-13)24-16(4)17(15(3)22-24)12-18(25)23-9-7-5-6-8-10-23/h11H,5-10,12H2,1-4H3. The van der Waals surface area contributed by atoms with E-state index in [2.05, 4.69) is 15.1 Å². The number of aryl methyl sites for hydroxylation is 3. The zero-order valence-corrected chi connectivity index (χ0v) is 15.7. The second-order valence-corrected chi connectivity index (χ2v) is 6.98. The van der Waals surface area contributed by atoms with Gasteiger partial charge < -0.3 is 4.90 Å². The van der Waals surface area contributed by atoms with Crippen LogP contribution in [-0.4, -0.2) is 43.6 Å². The Morgan fingerprint density at radius 3 is 2.20 bits per heavy atom. The van der Waals surface area contributed by atoms with Crippen LogP contribution < -0.4 is 0 Å². The number of hydrogen-bond acceptors (Lipinski definition) is 4. The number of carbonyl (C=O) groups excluding carboxylic acids is 1. The summed E-state index contributed by atoms with van der Waals surface area (Å²) in [5.74, 6) is 0.778. The Kier molecular flexibility index (Phi) is 5.16. The number of hydrogen-bond donors (Lipinski definition) is 0. The second-order valence-electron chi connectivity index (χ2n) is 6.98. The van der Waals surface area contributed by atoms with Crippen LogP contribution in [0.3, 0.4) is 0 Å². The largest absolute Gasteiger partial charge is 0.342 e. The summed E-state index contributed by atoms with van der Waals surface area (Å²) >= 11 is 0. The van der Waals surface area contributed by atoms with Crippen molar-refractivity contribution >= 4 is 5.91 Å². The van der Waals surface area contributed by atoms with Gasteiger partial charge in [-0.1, -0.05) is 12.8 Å². The van der Waals surface area contributed by atoms with Crippen molar-refractivity contribution in [1.82, 2.24) is 24.6 Å². The average Bonchev–Trinajstić information content (AvgIpc) is 2.76. The Balaban J connectivity index is 1.85. The SMILES string of the molecule is Cc1cc(C)nc(-n2nc(C)c(CC(=O)N3CCCCCC3)c2C)n1. The maximum Gasteiger partial charge on any atom is 0.251 e. The van der Waals surface area contributed by atoms with Gasteiger partial charge in [-0.2, -0.15) is 5.10 Å². The lowest BCUT2D eigenvalue weighted by atomic mass is 10.1. The Morgan fingerprint density at radius 1 is 1.00 bits per heavy atom. The fourth-order valence-electron chi connectivity index (χ4n) is 3.51. The molecule has 0 aromatic carbocycles. The summed E-state index contributed by atoms with van der Waals surface area (Å²) in [5, 5.41) is 4.60. The highest BCUT2D eigenvalue weighted by atomic mass is 16.2. The highest BCUT2D eigenvalue weighted by molar-refractivity contribution is 5.79. The molecule has 1 amide bonds. The van der Waals surface area contributed by atoms with Crippen molar-refractivity contribution in [2.75, 3.05) is 13.1 Å². The predicted octanol–water partition coefficient (Wildman–Crippen LogP) is 2.84. The molecule has 0 saturated carbocycles. The van der Waals surface area contributed by atoms with Crippen LogP contribution >= 0.6 is 0 Å². The van der Waals surface area contributed by atoms with Crippen LogP contribution in [0.1, 0.15) is 54.0 Å². The molecule has 134 valence electrons. The first-order chi connectivity index (χ1) is 12.0. The molecule has 0 spiro atoms. The fraction of sp³-hybridized carbons (Fsp3) is 0.579. The van der Waals surface area contributed by atoms with Crippen molar-refractivity contribution in [2.24, 2.45) is 0 Å². The number of amides is 1. The number of aromatic nitrogens is 4. The van der Waals surface area contributed by atoms with E-state index in [1.807, 2.05) is 38.7 Å². The van der Waals surface area contributed by atoms with Crippen molar-refractivity contribution in [3.05, 3.63) is 34.4 Å². The number of rotatable bonds is 3. The van der Waals surface area contributed by atoms with Crippen molar-refractivity contribution < 1.29 is 4.79 Å². The lowest BCUT2D eigenvalue weighted by Crippen LogP contribution is -2.33. The van der Waals surface area contributed by atoms with E-state index in [9.17, 15) is 4.79 Å². The summed E-state index contributed by atoms with van der Waals surface area (Å²) in [6.07, 6.45) is 5.08. The first-order valence-corrected chi connectivity index (χ1v) is 9.11. The molecule has 25 heavy (non-hydrogen) atoms. The molecule has 1 fully saturated rings. The Labute approximate surface area is 149 Å². The molecule has 0 bridgehead atoms. The Hall–Kier alpha value is -2.24. The maximum atomic E-state index is 12.7.